The molecule has 0 radical (unpaired) electrons. The first-order chi connectivity index (χ1) is 9.06. The van der Waals surface area contributed by atoms with Crippen LogP contribution in [0.5, 0.6) is 11.5 Å². The molecule has 1 N–H and O–H groups in total. The first kappa shape index (κ1) is 14.0. The minimum atomic E-state index is 0.367. The van der Waals surface area contributed by atoms with Gasteiger partial charge in [-0.2, -0.15) is 0 Å². The van der Waals surface area contributed by atoms with Crippen molar-refractivity contribution in [3.63, 3.8) is 0 Å². The first-order valence-corrected chi connectivity index (χ1v) is 6.86. The van der Waals surface area contributed by atoms with E-state index in [1.165, 1.54) is 0 Å². The Labute approximate surface area is 121 Å². The number of nitrogens with one attached hydrogen (secondary N) is 1. The van der Waals surface area contributed by atoms with Gasteiger partial charge in [-0.15, -0.1) is 0 Å². The lowest BCUT2D eigenvalue weighted by Crippen LogP contribution is -2.34. The fourth-order valence-corrected chi connectivity index (χ4v) is 2.35. The monoisotopic (exact) mass is 327 g/mol. The molecule has 5 nitrogen and oxygen atoms in total. The second kappa shape index (κ2) is 5.69. The van der Waals surface area contributed by atoms with Crippen LogP contribution in [0.1, 0.15) is 25.3 Å². The Morgan fingerprint density at radius 3 is 2.42 bits per heavy atom. The highest BCUT2D eigenvalue weighted by Gasteiger charge is 2.21. The van der Waals surface area contributed by atoms with Crippen molar-refractivity contribution in [2.45, 2.75) is 19.8 Å². The lowest BCUT2D eigenvalue weighted by atomic mass is 10.0. The molecule has 1 aromatic rings. The lowest BCUT2D eigenvalue weighted by Gasteiger charge is -2.23. The number of hydrazine groups is 1. The number of nitrogens with zero attached hydrogens (tertiary/aromatic N) is 2. The van der Waals surface area contributed by atoms with Crippen LogP contribution in [0.15, 0.2) is 17.1 Å². The number of ether oxygens (including phenoxy) is 2. The van der Waals surface area contributed by atoms with Crippen molar-refractivity contribution in [1.29, 1.82) is 0 Å². The Morgan fingerprint density at radius 1 is 1.26 bits per heavy atom. The topological polar surface area (TPSA) is 46.1 Å². The molecular weight excluding hydrogens is 310 g/mol. The van der Waals surface area contributed by atoms with Gasteiger partial charge in [0.15, 0.2) is 4.74 Å². The average molecular weight is 328 g/mol. The van der Waals surface area contributed by atoms with Gasteiger partial charge in [0.05, 0.1) is 14.2 Å². The Bertz CT molecular complexity index is 503. The zero-order chi connectivity index (χ0) is 14.0. The number of rotatable bonds is 4. The maximum Gasteiger partial charge on any atom is 0.186 e. The highest BCUT2D eigenvalue weighted by Crippen LogP contribution is 2.38. The maximum atomic E-state index is 5.44. The summed E-state index contributed by atoms with van der Waals surface area (Å²) in [4.78, 5) is 4.25. The van der Waals surface area contributed by atoms with Crippen LogP contribution in [-0.2, 0) is 0 Å². The molecule has 1 heterocycles. The Morgan fingerprint density at radius 2 is 1.95 bits per heavy atom. The molecule has 0 saturated heterocycles. The molecule has 0 unspecified atom stereocenters. The SMILES string of the molecule is COc1cc(OC)c(N2CN=C(Br)N2)cc1C(C)C. The van der Waals surface area contributed by atoms with Gasteiger partial charge in [-0.25, -0.2) is 4.99 Å². The zero-order valence-electron chi connectivity index (χ0n) is 11.5. The largest absolute Gasteiger partial charge is 0.496 e. The number of anilines is 1. The maximum absolute atomic E-state index is 5.44. The summed E-state index contributed by atoms with van der Waals surface area (Å²) in [7, 11) is 3.33. The molecule has 1 aliphatic rings. The van der Waals surface area contributed by atoms with Crippen LogP contribution < -0.4 is 19.9 Å². The summed E-state index contributed by atoms with van der Waals surface area (Å²) < 4.78 is 11.6. The second-order valence-electron chi connectivity index (χ2n) is 4.55. The van der Waals surface area contributed by atoms with E-state index in [9.17, 15) is 0 Å². The summed E-state index contributed by atoms with van der Waals surface area (Å²) in [5.41, 5.74) is 5.22. The second-order valence-corrected chi connectivity index (χ2v) is 5.30. The number of amidine groups is 1. The third-order valence-corrected chi connectivity index (χ3v) is 3.45. The Kier molecular flexibility index (Phi) is 4.19. The molecule has 1 aliphatic heterocycles. The van der Waals surface area contributed by atoms with E-state index in [2.05, 4.69) is 46.3 Å². The van der Waals surface area contributed by atoms with Crippen LogP contribution >= 0.6 is 15.9 Å². The van der Waals surface area contributed by atoms with Crippen molar-refractivity contribution in [3.8, 4) is 11.5 Å². The number of methoxy groups -OCH3 is 2. The highest BCUT2D eigenvalue weighted by atomic mass is 79.9. The summed E-state index contributed by atoms with van der Waals surface area (Å²) in [6.45, 7) is 4.82. The highest BCUT2D eigenvalue weighted by molar-refractivity contribution is 9.18. The molecule has 0 fully saturated rings. The standard InChI is InChI=1S/C13H18BrN3O2/c1-8(2)9-5-10(17-7-15-13(14)16-17)12(19-4)6-11(9)18-3/h5-6,8H,7H2,1-4H3,(H,15,16). The van der Waals surface area contributed by atoms with Gasteiger partial charge in [0, 0.05) is 6.07 Å². The van der Waals surface area contributed by atoms with Gasteiger partial charge in [0.25, 0.3) is 0 Å². The summed E-state index contributed by atoms with van der Waals surface area (Å²) in [5.74, 6) is 1.97. The third-order valence-electron chi connectivity index (χ3n) is 3.02. The number of hydrogen-bond acceptors (Lipinski definition) is 5. The summed E-state index contributed by atoms with van der Waals surface area (Å²) in [6, 6.07) is 4.00. The van der Waals surface area contributed by atoms with Crippen molar-refractivity contribution < 1.29 is 9.47 Å². The van der Waals surface area contributed by atoms with Crippen molar-refractivity contribution in [2.75, 3.05) is 25.9 Å². The van der Waals surface area contributed by atoms with Crippen molar-refractivity contribution in [3.05, 3.63) is 17.7 Å². The number of benzene rings is 1. The van der Waals surface area contributed by atoms with E-state index in [0.717, 1.165) is 27.5 Å². The van der Waals surface area contributed by atoms with Gasteiger partial charge in [0.2, 0.25) is 0 Å². The molecule has 0 saturated carbocycles. The Balaban J connectivity index is 2.44. The third kappa shape index (κ3) is 2.78. The van der Waals surface area contributed by atoms with Crippen molar-refractivity contribution in [1.82, 2.24) is 5.43 Å². The van der Waals surface area contributed by atoms with Gasteiger partial charge in [0.1, 0.15) is 23.9 Å². The fraction of sp³-hybridized carbons (Fsp3) is 0.462. The number of aliphatic imine (C=N–C) groups is 1. The molecule has 1 aromatic carbocycles. The molecule has 0 atom stereocenters. The van der Waals surface area contributed by atoms with E-state index in [1.54, 1.807) is 14.2 Å². The first-order valence-electron chi connectivity index (χ1n) is 6.07. The van der Waals surface area contributed by atoms with Gasteiger partial charge in [-0.3, -0.25) is 10.4 Å². The average Bonchev–Trinajstić information content (AvgIpc) is 2.83. The van der Waals surface area contributed by atoms with Crippen LogP contribution in [0.4, 0.5) is 5.69 Å². The number of hydrogen-bond donors (Lipinski definition) is 1. The molecular formula is C13H18BrN3O2. The van der Waals surface area contributed by atoms with Crippen LogP contribution in [0.25, 0.3) is 0 Å². The fourth-order valence-electron chi connectivity index (χ4n) is 2.02. The lowest BCUT2D eigenvalue weighted by molar-refractivity contribution is 0.389. The minimum Gasteiger partial charge on any atom is -0.496 e. The molecule has 0 bridgehead atoms. The van der Waals surface area contributed by atoms with Gasteiger partial charge >= 0.3 is 0 Å². The van der Waals surface area contributed by atoms with E-state index < -0.39 is 0 Å². The molecule has 2 rings (SSSR count). The molecule has 0 amide bonds. The van der Waals surface area contributed by atoms with Crippen LogP contribution in [-0.4, -0.2) is 25.6 Å². The minimum absolute atomic E-state index is 0.367. The van der Waals surface area contributed by atoms with E-state index in [0.29, 0.717) is 12.6 Å². The van der Waals surface area contributed by atoms with E-state index >= 15 is 0 Å². The summed E-state index contributed by atoms with van der Waals surface area (Å²) >= 11 is 3.33. The quantitative estimate of drug-likeness (QED) is 0.864. The zero-order valence-corrected chi connectivity index (χ0v) is 13.1. The van der Waals surface area contributed by atoms with Gasteiger partial charge in [-0.05, 0) is 33.5 Å². The van der Waals surface area contributed by atoms with Crippen LogP contribution in [0.3, 0.4) is 0 Å². The number of halogens is 1. The molecule has 19 heavy (non-hydrogen) atoms. The molecule has 6 heteroatoms. The van der Waals surface area contributed by atoms with Crippen LogP contribution in [0, 0.1) is 0 Å². The van der Waals surface area contributed by atoms with Crippen molar-refractivity contribution in [2.24, 2.45) is 4.99 Å². The van der Waals surface area contributed by atoms with E-state index in [-0.39, 0.29) is 0 Å². The van der Waals surface area contributed by atoms with Crippen LogP contribution in [0.2, 0.25) is 0 Å². The predicted molar refractivity (Wildman–Crippen MR) is 80.5 cm³/mol. The molecule has 0 aromatic heterocycles. The summed E-state index contributed by atoms with van der Waals surface area (Å²) in [5, 5.41) is 1.92. The van der Waals surface area contributed by atoms with Gasteiger partial charge < -0.3 is 9.47 Å². The predicted octanol–water partition coefficient (Wildman–Crippen LogP) is 2.86. The smallest absolute Gasteiger partial charge is 0.186 e. The summed E-state index contributed by atoms with van der Waals surface area (Å²) in [6.07, 6.45) is 0. The van der Waals surface area contributed by atoms with E-state index in [4.69, 9.17) is 9.47 Å². The van der Waals surface area contributed by atoms with Crippen molar-refractivity contribution >= 4 is 26.4 Å². The molecule has 0 aliphatic carbocycles. The molecule has 0 spiro atoms. The normalized spacial score (nSPS) is 14.4. The van der Waals surface area contributed by atoms with Gasteiger partial charge in [-0.1, -0.05) is 13.8 Å². The van der Waals surface area contributed by atoms with E-state index in [1.807, 2.05) is 11.1 Å². The molecule has 104 valence electrons. The Hall–Kier alpha value is -1.43.